The van der Waals surface area contributed by atoms with Crippen LogP contribution >= 0.6 is 0 Å². The van der Waals surface area contributed by atoms with Crippen LogP contribution in [0.25, 0.3) is 11.4 Å². The van der Waals surface area contributed by atoms with Gasteiger partial charge < -0.3 is 20.4 Å². The van der Waals surface area contributed by atoms with Crippen molar-refractivity contribution < 1.29 is 19.1 Å². The number of H-pyrrole nitrogens is 1. The lowest BCUT2D eigenvalue weighted by Gasteiger charge is -2.21. The van der Waals surface area contributed by atoms with E-state index in [4.69, 9.17) is 4.74 Å². The van der Waals surface area contributed by atoms with Gasteiger partial charge in [0, 0.05) is 30.3 Å². The molecule has 0 saturated carbocycles. The topological polar surface area (TPSA) is 152 Å². The predicted molar refractivity (Wildman–Crippen MR) is 162 cm³/mol. The third kappa shape index (κ3) is 7.91. The molecule has 2 amide bonds. The number of aromatic nitrogens is 3. The first kappa shape index (κ1) is 30.6. The van der Waals surface area contributed by atoms with Gasteiger partial charge in [0.2, 0.25) is 23.5 Å². The Balaban J connectivity index is 1.55. The maximum absolute atomic E-state index is 13.2. The van der Waals surface area contributed by atoms with Crippen molar-refractivity contribution in [2.24, 2.45) is 0 Å². The third-order valence-corrected chi connectivity index (χ3v) is 6.57. The standard InChI is InChI=1S/C32H33N5O6/c1-3-4-15-24(43-31-28(26(39)16-17-33-31)29(41)22-11-7-5-8-12-22)18-34-27(40)20-37-30(23-13-9-6-10-14-23)35-19-25(32(37)42)36-21(2)38/h5-14,16-17,19,24H,3-4,15,18,20H2,1-2H3,(H,33,39)(H,34,40)(H,36,38). The summed E-state index contributed by atoms with van der Waals surface area (Å²) in [5.74, 6) is -1.13. The van der Waals surface area contributed by atoms with Gasteiger partial charge in [-0.1, -0.05) is 74.0 Å². The Bertz CT molecular complexity index is 1700. The molecule has 43 heavy (non-hydrogen) atoms. The third-order valence-electron chi connectivity index (χ3n) is 6.57. The van der Waals surface area contributed by atoms with E-state index >= 15 is 0 Å². The summed E-state index contributed by atoms with van der Waals surface area (Å²) >= 11 is 0. The number of ketones is 1. The fourth-order valence-corrected chi connectivity index (χ4v) is 4.46. The SMILES string of the molecule is CCCCC(CNC(=O)Cn1c(-c2ccccc2)ncc(NC(C)=O)c1=O)Oc1[nH]ccc(=O)c1C(=O)c1ccccc1. The van der Waals surface area contributed by atoms with Crippen LogP contribution in [0.3, 0.4) is 0 Å². The van der Waals surface area contributed by atoms with Crippen LogP contribution < -0.4 is 26.4 Å². The van der Waals surface area contributed by atoms with Crippen molar-refractivity contribution >= 4 is 23.3 Å². The molecule has 222 valence electrons. The van der Waals surface area contributed by atoms with Crippen molar-refractivity contribution in [3.8, 4) is 17.3 Å². The van der Waals surface area contributed by atoms with Crippen LogP contribution in [-0.2, 0) is 16.1 Å². The van der Waals surface area contributed by atoms with Crippen LogP contribution in [0.1, 0.15) is 49.0 Å². The summed E-state index contributed by atoms with van der Waals surface area (Å²) in [5.41, 5.74) is -0.273. The van der Waals surface area contributed by atoms with Crippen molar-refractivity contribution in [1.82, 2.24) is 19.9 Å². The number of hydrogen-bond donors (Lipinski definition) is 3. The molecular formula is C32H33N5O6. The number of rotatable bonds is 13. The van der Waals surface area contributed by atoms with Crippen molar-refractivity contribution in [2.45, 2.75) is 45.8 Å². The monoisotopic (exact) mass is 583 g/mol. The normalized spacial score (nSPS) is 11.4. The molecule has 4 rings (SSSR count). The van der Waals surface area contributed by atoms with E-state index in [9.17, 15) is 24.0 Å². The highest BCUT2D eigenvalue weighted by molar-refractivity contribution is 6.10. The Kier molecular flexibility index (Phi) is 10.4. The molecule has 2 aromatic carbocycles. The molecule has 3 N–H and O–H groups in total. The molecule has 2 heterocycles. The highest BCUT2D eigenvalue weighted by Gasteiger charge is 2.23. The molecule has 0 radical (unpaired) electrons. The van der Waals surface area contributed by atoms with Crippen molar-refractivity contribution in [2.75, 3.05) is 11.9 Å². The molecule has 11 heteroatoms. The molecule has 1 unspecified atom stereocenters. The minimum Gasteiger partial charge on any atom is -0.473 e. The minimum absolute atomic E-state index is 0.0199. The Morgan fingerprint density at radius 2 is 1.70 bits per heavy atom. The highest BCUT2D eigenvalue weighted by Crippen LogP contribution is 2.19. The second-order valence-corrected chi connectivity index (χ2v) is 9.86. The highest BCUT2D eigenvalue weighted by atomic mass is 16.5. The van der Waals surface area contributed by atoms with Crippen LogP contribution in [0.5, 0.6) is 5.88 Å². The van der Waals surface area contributed by atoms with Gasteiger partial charge in [-0.15, -0.1) is 0 Å². The Morgan fingerprint density at radius 3 is 2.37 bits per heavy atom. The number of benzene rings is 2. The van der Waals surface area contributed by atoms with E-state index in [1.807, 2.05) is 13.0 Å². The first-order valence-corrected chi connectivity index (χ1v) is 14.0. The Labute approximate surface area is 248 Å². The summed E-state index contributed by atoms with van der Waals surface area (Å²) in [7, 11) is 0. The number of nitrogens with zero attached hydrogens (tertiary/aromatic N) is 2. The second kappa shape index (κ2) is 14.5. The summed E-state index contributed by atoms with van der Waals surface area (Å²) in [6.45, 7) is 2.96. The number of anilines is 1. The number of pyridine rings is 1. The van der Waals surface area contributed by atoms with Crippen LogP contribution in [-0.4, -0.2) is 44.8 Å². The lowest BCUT2D eigenvalue weighted by molar-refractivity contribution is -0.122. The summed E-state index contributed by atoms with van der Waals surface area (Å²) < 4.78 is 7.33. The number of carbonyl (C=O) groups excluding carboxylic acids is 3. The molecule has 0 spiro atoms. The van der Waals surface area contributed by atoms with E-state index in [0.29, 0.717) is 17.5 Å². The summed E-state index contributed by atoms with van der Waals surface area (Å²) in [6.07, 6.45) is 4.23. The first-order chi connectivity index (χ1) is 20.8. The van der Waals surface area contributed by atoms with E-state index in [1.165, 1.54) is 30.0 Å². The average Bonchev–Trinajstić information content (AvgIpc) is 3.01. The van der Waals surface area contributed by atoms with E-state index < -0.39 is 34.7 Å². The molecule has 0 aliphatic rings. The predicted octanol–water partition coefficient (Wildman–Crippen LogP) is 3.54. The van der Waals surface area contributed by atoms with Crippen molar-refractivity contribution in [1.29, 1.82) is 0 Å². The number of carbonyl (C=O) groups is 3. The average molecular weight is 584 g/mol. The minimum atomic E-state index is -0.585. The van der Waals surface area contributed by atoms with E-state index in [0.717, 1.165) is 12.8 Å². The second-order valence-electron chi connectivity index (χ2n) is 9.86. The zero-order valence-corrected chi connectivity index (χ0v) is 24.0. The first-order valence-electron chi connectivity index (χ1n) is 14.0. The van der Waals surface area contributed by atoms with Gasteiger partial charge in [0.15, 0.2) is 5.43 Å². The largest absolute Gasteiger partial charge is 0.473 e. The molecule has 0 fully saturated rings. The zero-order chi connectivity index (χ0) is 30.8. The molecular weight excluding hydrogens is 550 g/mol. The lowest BCUT2D eigenvalue weighted by atomic mass is 10.0. The van der Waals surface area contributed by atoms with Crippen molar-refractivity contribution in [3.63, 3.8) is 0 Å². The van der Waals surface area contributed by atoms with Gasteiger partial charge in [-0.2, -0.15) is 0 Å². The number of aromatic amines is 1. The molecule has 0 saturated heterocycles. The van der Waals surface area contributed by atoms with Gasteiger partial charge in [-0.25, -0.2) is 4.98 Å². The number of hydrogen-bond acceptors (Lipinski definition) is 7. The van der Waals surface area contributed by atoms with Gasteiger partial charge in [0.1, 0.15) is 29.7 Å². The molecule has 4 aromatic rings. The number of unbranched alkanes of at least 4 members (excludes halogenated alkanes) is 1. The molecule has 0 aliphatic heterocycles. The fourth-order valence-electron chi connectivity index (χ4n) is 4.46. The lowest BCUT2D eigenvalue weighted by Crippen LogP contribution is -2.40. The maximum Gasteiger partial charge on any atom is 0.278 e. The molecule has 0 aliphatic carbocycles. The van der Waals surface area contributed by atoms with Crippen LogP contribution in [0.2, 0.25) is 0 Å². The molecule has 11 nitrogen and oxygen atoms in total. The van der Waals surface area contributed by atoms with Crippen LogP contribution in [0, 0.1) is 0 Å². The van der Waals surface area contributed by atoms with Gasteiger partial charge in [-0.3, -0.25) is 28.5 Å². The smallest absolute Gasteiger partial charge is 0.278 e. The molecule has 2 aromatic heterocycles. The van der Waals surface area contributed by atoms with Gasteiger partial charge in [0.25, 0.3) is 5.56 Å². The summed E-state index contributed by atoms with van der Waals surface area (Å²) in [4.78, 5) is 71.2. The molecule has 1 atom stereocenters. The zero-order valence-electron chi connectivity index (χ0n) is 24.0. The van der Waals surface area contributed by atoms with E-state index in [1.54, 1.807) is 54.6 Å². The fraction of sp³-hybridized carbons (Fsp3) is 0.250. The Hall–Kier alpha value is -5.32. The molecule has 0 bridgehead atoms. The maximum atomic E-state index is 13.2. The van der Waals surface area contributed by atoms with Crippen LogP contribution in [0.15, 0.2) is 88.7 Å². The quantitative estimate of drug-likeness (QED) is 0.204. The van der Waals surface area contributed by atoms with Crippen LogP contribution in [0.4, 0.5) is 5.69 Å². The number of nitrogens with one attached hydrogen (secondary N) is 3. The van der Waals surface area contributed by atoms with Gasteiger partial charge >= 0.3 is 0 Å². The summed E-state index contributed by atoms with van der Waals surface area (Å²) in [5, 5.41) is 5.26. The number of amides is 2. The van der Waals surface area contributed by atoms with Crippen molar-refractivity contribution in [3.05, 3.63) is 111 Å². The Morgan fingerprint density at radius 1 is 1.00 bits per heavy atom. The van der Waals surface area contributed by atoms with E-state index in [2.05, 4.69) is 20.6 Å². The van der Waals surface area contributed by atoms with Gasteiger partial charge in [-0.05, 0) is 12.8 Å². The van der Waals surface area contributed by atoms with E-state index in [-0.39, 0.29) is 36.0 Å². The summed E-state index contributed by atoms with van der Waals surface area (Å²) in [6, 6.07) is 18.6. The number of ether oxygens (including phenoxy) is 1. The van der Waals surface area contributed by atoms with Gasteiger partial charge in [0.05, 0.1) is 12.7 Å².